The van der Waals surface area contributed by atoms with Crippen LogP contribution in [0.1, 0.15) is 65.2 Å². The molecule has 2 rings (SSSR count). The zero-order valence-electron chi connectivity index (χ0n) is 13.1. The second-order valence-corrected chi connectivity index (χ2v) is 7.27. The molecule has 0 heterocycles. The number of carbonyl (C=O) groups is 1. The molecule has 2 aliphatic carbocycles. The first-order valence-corrected chi connectivity index (χ1v) is 8.54. The smallest absolute Gasteiger partial charge is 0.306 e. The SMILES string of the molecule is CC(C)C1CCCC(NCC2CCCCC2C(=O)O)C1. The maximum atomic E-state index is 11.3. The van der Waals surface area contributed by atoms with Crippen LogP contribution in [0.3, 0.4) is 0 Å². The van der Waals surface area contributed by atoms with Gasteiger partial charge in [-0.05, 0) is 50.0 Å². The predicted molar refractivity (Wildman–Crippen MR) is 81.7 cm³/mol. The van der Waals surface area contributed by atoms with E-state index in [1.807, 2.05) is 0 Å². The summed E-state index contributed by atoms with van der Waals surface area (Å²) in [6, 6.07) is 0.618. The molecule has 2 aliphatic rings. The lowest BCUT2D eigenvalue weighted by Gasteiger charge is -2.35. The topological polar surface area (TPSA) is 49.3 Å². The van der Waals surface area contributed by atoms with E-state index in [1.54, 1.807) is 0 Å². The third-order valence-electron chi connectivity index (χ3n) is 5.55. The highest BCUT2D eigenvalue weighted by Crippen LogP contribution is 2.32. The van der Waals surface area contributed by atoms with Gasteiger partial charge in [0.15, 0.2) is 0 Å². The molecule has 0 saturated heterocycles. The van der Waals surface area contributed by atoms with E-state index in [9.17, 15) is 9.90 Å². The van der Waals surface area contributed by atoms with Crippen molar-refractivity contribution >= 4 is 5.97 Å². The Balaban J connectivity index is 1.80. The summed E-state index contributed by atoms with van der Waals surface area (Å²) in [7, 11) is 0. The Hall–Kier alpha value is -0.570. The molecule has 0 aromatic carbocycles. The van der Waals surface area contributed by atoms with Gasteiger partial charge in [-0.25, -0.2) is 0 Å². The van der Waals surface area contributed by atoms with Crippen LogP contribution in [0.15, 0.2) is 0 Å². The van der Waals surface area contributed by atoms with Crippen LogP contribution in [0.2, 0.25) is 0 Å². The minimum absolute atomic E-state index is 0.110. The molecule has 0 aromatic heterocycles. The highest BCUT2D eigenvalue weighted by Gasteiger charge is 2.31. The van der Waals surface area contributed by atoms with Crippen LogP contribution in [0.25, 0.3) is 0 Å². The van der Waals surface area contributed by atoms with Crippen molar-refractivity contribution in [3.05, 3.63) is 0 Å². The van der Waals surface area contributed by atoms with Crippen molar-refractivity contribution in [2.24, 2.45) is 23.7 Å². The maximum absolute atomic E-state index is 11.3. The highest BCUT2D eigenvalue weighted by molar-refractivity contribution is 5.70. The Labute approximate surface area is 123 Å². The standard InChI is InChI=1S/C17H31NO2/c1-12(2)13-7-5-8-15(10-13)18-11-14-6-3-4-9-16(14)17(19)20/h12-16,18H,3-11H2,1-2H3,(H,19,20). The molecule has 2 saturated carbocycles. The van der Waals surface area contributed by atoms with Crippen LogP contribution < -0.4 is 5.32 Å². The van der Waals surface area contributed by atoms with E-state index in [-0.39, 0.29) is 5.92 Å². The molecule has 3 heteroatoms. The first-order valence-electron chi connectivity index (χ1n) is 8.54. The van der Waals surface area contributed by atoms with E-state index in [0.29, 0.717) is 12.0 Å². The Kier molecular flexibility index (Phi) is 5.88. The monoisotopic (exact) mass is 281 g/mol. The van der Waals surface area contributed by atoms with Crippen molar-refractivity contribution in [2.45, 2.75) is 71.3 Å². The van der Waals surface area contributed by atoms with E-state index in [0.717, 1.165) is 37.6 Å². The van der Waals surface area contributed by atoms with Gasteiger partial charge >= 0.3 is 5.97 Å². The lowest BCUT2D eigenvalue weighted by Crippen LogP contribution is -2.41. The number of carboxylic acids is 1. The van der Waals surface area contributed by atoms with Crippen LogP contribution in [0.4, 0.5) is 0 Å². The van der Waals surface area contributed by atoms with E-state index in [1.165, 1.54) is 32.1 Å². The number of nitrogens with one attached hydrogen (secondary N) is 1. The number of carboxylic acid groups (broad SMARTS) is 1. The summed E-state index contributed by atoms with van der Waals surface area (Å²) in [6.45, 7) is 5.57. The Morgan fingerprint density at radius 1 is 1.15 bits per heavy atom. The molecule has 0 amide bonds. The number of hydrogen-bond donors (Lipinski definition) is 2. The molecule has 0 radical (unpaired) electrons. The van der Waals surface area contributed by atoms with Gasteiger partial charge in [0.25, 0.3) is 0 Å². The van der Waals surface area contributed by atoms with Crippen molar-refractivity contribution in [3.63, 3.8) is 0 Å². The van der Waals surface area contributed by atoms with Gasteiger partial charge in [-0.2, -0.15) is 0 Å². The molecule has 2 fully saturated rings. The summed E-state index contributed by atoms with van der Waals surface area (Å²) >= 11 is 0. The first kappa shape index (κ1) is 15.8. The van der Waals surface area contributed by atoms with Crippen LogP contribution in [0, 0.1) is 23.7 Å². The highest BCUT2D eigenvalue weighted by atomic mass is 16.4. The van der Waals surface area contributed by atoms with E-state index >= 15 is 0 Å². The molecule has 2 N–H and O–H groups in total. The van der Waals surface area contributed by atoms with Crippen molar-refractivity contribution in [3.8, 4) is 0 Å². The van der Waals surface area contributed by atoms with Gasteiger partial charge in [0.2, 0.25) is 0 Å². The number of rotatable bonds is 5. The molecule has 4 atom stereocenters. The quantitative estimate of drug-likeness (QED) is 0.808. The summed E-state index contributed by atoms with van der Waals surface area (Å²) < 4.78 is 0. The second kappa shape index (κ2) is 7.44. The van der Waals surface area contributed by atoms with Gasteiger partial charge in [-0.1, -0.05) is 39.5 Å². The molecule has 3 nitrogen and oxygen atoms in total. The fourth-order valence-corrected chi connectivity index (χ4v) is 4.11. The molecule has 0 aromatic rings. The van der Waals surface area contributed by atoms with Gasteiger partial charge in [-0.15, -0.1) is 0 Å². The fourth-order valence-electron chi connectivity index (χ4n) is 4.11. The zero-order chi connectivity index (χ0) is 14.5. The third-order valence-corrected chi connectivity index (χ3v) is 5.55. The molecule has 116 valence electrons. The molecule has 4 unspecified atom stereocenters. The molecule has 20 heavy (non-hydrogen) atoms. The average molecular weight is 281 g/mol. The third kappa shape index (κ3) is 4.21. The van der Waals surface area contributed by atoms with Crippen molar-refractivity contribution < 1.29 is 9.90 Å². The summed E-state index contributed by atoms with van der Waals surface area (Å²) in [6.07, 6.45) is 9.51. The van der Waals surface area contributed by atoms with E-state index < -0.39 is 5.97 Å². The van der Waals surface area contributed by atoms with Crippen molar-refractivity contribution in [1.82, 2.24) is 5.32 Å². The van der Waals surface area contributed by atoms with Gasteiger partial charge < -0.3 is 10.4 Å². The van der Waals surface area contributed by atoms with Gasteiger partial charge in [0.1, 0.15) is 0 Å². The molecular weight excluding hydrogens is 250 g/mol. The lowest BCUT2D eigenvalue weighted by atomic mass is 9.77. The molecule has 0 aliphatic heterocycles. The summed E-state index contributed by atoms with van der Waals surface area (Å²) in [5, 5.41) is 13.0. The first-order chi connectivity index (χ1) is 9.58. The normalized spacial score (nSPS) is 35.1. The minimum atomic E-state index is -0.583. The van der Waals surface area contributed by atoms with Crippen LogP contribution in [-0.2, 0) is 4.79 Å². The van der Waals surface area contributed by atoms with E-state index in [2.05, 4.69) is 19.2 Å². The van der Waals surface area contributed by atoms with Crippen LogP contribution >= 0.6 is 0 Å². The largest absolute Gasteiger partial charge is 0.481 e. The van der Waals surface area contributed by atoms with Crippen molar-refractivity contribution in [1.29, 1.82) is 0 Å². The van der Waals surface area contributed by atoms with Gasteiger partial charge in [0, 0.05) is 6.04 Å². The Morgan fingerprint density at radius 3 is 2.60 bits per heavy atom. The number of hydrogen-bond acceptors (Lipinski definition) is 2. The van der Waals surface area contributed by atoms with Crippen LogP contribution in [0.5, 0.6) is 0 Å². The zero-order valence-corrected chi connectivity index (χ0v) is 13.1. The second-order valence-electron chi connectivity index (χ2n) is 7.27. The Bertz CT molecular complexity index is 316. The minimum Gasteiger partial charge on any atom is -0.481 e. The van der Waals surface area contributed by atoms with Gasteiger partial charge in [-0.3, -0.25) is 4.79 Å². The van der Waals surface area contributed by atoms with E-state index in [4.69, 9.17) is 0 Å². The molecule has 0 bridgehead atoms. The summed E-state index contributed by atoms with van der Waals surface area (Å²) in [5.74, 6) is 1.28. The average Bonchev–Trinajstić information content (AvgIpc) is 2.45. The summed E-state index contributed by atoms with van der Waals surface area (Å²) in [5.41, 5.74) is 0. The fraction of sp³-hybridized carbons (Fsp3) is 0.941. The van der Waals surface area contributed by atoms with Crippen molar-refractivity contribution in [2.75, 3.05) is 6.54 Å². The Morgan fingerprint density at radius 2 is 1.90 bits per heavy atom. The number of aliphatic carboxylic acids is 1. The predicted octanol–water partition coefficient (Wildman–Crippen LogP) is 3.68. The summed E-state index contributed by atoms with van der Waals surface area (Å²) in [4.78, 5) is 11.3. The molecular formula is C17H31NO2. The van der Waals surface area contributed by atoms with Gasteiger partial charge in [0.05, 0.1) is 5.92 Å². The maximum Gasteiger partial charge on any atom is 0.306 e. The molecule has 0 spiro atoms. The van der Waals surface area contributed by atoms with Crippen LogP contribution in [-0.4, -0.2) is 23.7 Å². The lowest BCUT2D eigenvalue weighted by molar-refractivity contribution is -0.144.